The molecule has 1 fully saturated rings. The van der Waals surface area contributed by atoms with E-state index in [0.29, 0.717) is 19.4 Å². The van der Waals surface area contributed by atoms with E-state index in [2.05, 4.69) is 0 Å². The van der Waals surface area contributed by atoms with Crippen LogP contribution in [0.4, 0.5) is 0 Å². The third-order valence-corrected chi connectivity index (χ3v) is 3.55. The summed E-state index contributed by atoms with van der Waals surface area (Å²) in [6.45, 7) is 1.75. The lowest BCUT2D eigenvalue weighted by Gasteiger charge is -2.31. The van der Waals surface area contributed by atoms with Crippen LogP contribution in [0.25, 0.3) is 0 Å². The molecular formula is C12H20N2O5. The van der Waals surface area contributed by atoms with Gasteiger partial charge < -0.3 is 10.0 Å². The first-order valence-electron chi connectivity index (χ1n) is 6.45. The molecule has 0 heterocycles. The minimum atomic E-state index is -0.958. The van der Waals surface area contributed by atoms with E-state index in [1.54, 1.807) is 6.92 Å². The lowest BCUT2D eigenvalue weighted by molar-refractivity contribution is -0.153. The molecular weight excluding hydrogens is 252 g/mol. The van der Waals surface area contributed by atoms with Gasteiger partial charge in [0.1, 0.15) is 6.54 Å². The number of amides is 2. The Labute approximate surface area is 111 Å². The van der Waals surface area contributed by atoms with Gasteiger partial charge in [0.15, 0.2) is 0 Å². The van der Waals surface area contributed by atoms with Crippen LogP contribution in [0.5, 0.6) is 0 Å². The summed E-state index contributed by atoms with van der Waals surface area (Å²) in [7, 11) is 0. The maximum atomic E-state index is 12.3. The number of nitrogens with one attached hydrogen (secondary N) is 1. The Bertz CT molecular complexity index is 358. The van der Waals surface area contributed by atoms with Crippen LogP contribution in [0.1, 0.15) is 32.6 Å². The quantitative estimate of drug-likeness (QED) is 0.490. The molecule has 0 bridgehead atoms. The van der Waals surface area contributed by atoms with Crippen LogP contribution in [0.2, 0.25) is 0 Å². The molecule has 0 saturated heterocycles. The molecule has 0 aromatic heterocycles. The summed E-state index contributed by atoms with van der Waals surface area (Å²) in [4.78, 5) is 35.9. The number of carboxylic acid groups (broad SMARTS) is 1. The minimum absolute atomic E-state index is 0.255. The first-order chi connectivity index (χ1) is 9.01. The fourth-order valence-corrected chi connectivity index (χ4v) is 2.51. The Morgan fingerprint density at radius 3 is 2.26 bits per heavy atom. The van der Waals surface area contributed by atoms with Crippen molar-refractivity contribution in [3.8, 4) is 0 Å². The van der Waals surface area contributed by atoms with Crippen molar-refractivity contribution in [2.45, 2.75) is 32.6 Å². The largest absolute Gasteiger partial charge is 0.481 e. The van der Waals surface area contributed by atoms with Crippen LogP contribution < -0.4 is 5.48 Å². The van der Waals surface area contributed by atoms with E-state index in [1.807, 2.05) is 0 Å². The number of carboxylic acids is 1. The molecule has 1 aliphatic rings. The molecule has 108 valence electrons. The molecule has 3 N–H and O–H groups in total. The van der Waals surface area contributed by atoms with Gasteiger partial charge in [0.25, 0.3) is 5.91 Å². The van der Waals surface area contributed by atoms with E-state index in [9.17, 15) is 14.4 Å². The molecule has 1 aliphatic carbocycles. The summed E-state index contributed by atoms with van der Waals surface area (Å²) < 4.78 is 0. The van der Waals surface area contributed by atoms with Crippen molar-refractivity contribution in [2.75, 3.05) is 13.1 Å². The van der Waals surface area contributed by atoms with Crippen LogP contribution in [0, 0.1) is 11.8 Å². The zero-order valence-electron chi connectivity index (χ0n) is 11.0. The molecule has 2 atom stereocenters. The van der Waals surface area contributed by atoms with Crippen LogP contribution in [-0.4, -0.2) is 46.1 Å². The molecule has 7 nitrogen and oxygen atoms in total. The highest BCUT2D eigenvalue weighted by atomic mass is 16.5. The smallest absolute Gasteiger partial charge is 0.307 e. The average Bonchev–Trinajstić information content (AvgIpc) is 2.43. The van der Waals surface area contributed by atoms with Crippen molar-refractivity contribution in [2.24, 2.45) is 11.8 Å². The molecule has 2 amide bonds. The highest BCUT2D eigenvalue weighted by Crippen LogP contribution is 2.31. The zero-order chi connectivity index (χ0) is 14.4. The number of rotatable bonds is 5. The van der Waals surface area contributed by atoms with Crippen molar-refractivity contribution >= 4 is 17.8 Å². The van der Waals surface area contributed by atoms with E-state index in [1.165, 1.54) is 10.4 Å². The second-order valence-electron chi connectivity index (χ2n) is 4.72. The number of aliphatic carboxylic acids is 1. The summed E-state index contributed by atoms with van der Waals surface area (Å²) in [6.07, 6.45) is 2.66. The van der Waals surface area contributed by atoms with Gasteiger partial charge in [0.05, 0.1) is 11.8 Å². The number of carbonyl (C=O) groups is 3. The lowest BCUT2D eigenvalue weighted by atomic mass is 9.78. The number of nitrogens with zero attached hydrogens (tertiary/aromatic N) is 1. The Morgan fingerprint density at radius 1 is 1.21 bits per heavy atom. The van der Waals surface area contributed by atoms with Crippen molar-refractivity contribution in [3.63, 3.8) is 0 Å². The monoisotopic (exact) mass is 272 g/mol. The predicted octanol–water partition coefficient (Wildman–Crippen LogP) is 0.231. The fourth-order valence-electron chi connectivity index (χ4n) is 2.51. The molecule has 0 aromatic rings. The average molecular weight is 272 g/mol. The van der Waals surface area contributed by atoms with Gasteiger partial charge in [-0.1, -0.05) is 12.8 Å². The van der Waals surface area contributed by atoms with Gasteiger partial charge in [-0.15, -0.1) is 0 Å². The molecule has 7 heteroatoms. The second-order valence-corrected chi connectivity index (χ2v) is 4.72. The Balaban J connectivity index is 2.76. The molecule has 1 rings (SSSR count). The second kappa shape index (κ2) is 7.08. The molecule has 1 saturated carbocycles. The summed E-state index contributed by atoms with van der Waals surface area (Å²) in [5, 5.41) is 17.6. The third-order valence-electron chi connectivity index (χ3n) is 3.55. The highest BCUT2D eigenvalue weighted by molar-refractivity contribution is 5.88. The number of hydrogen-bond acceptors (Lipinski definition) is 4. The fraction of sp³-hybridized carbons (Fsp3) is 0.750. The van der Waals surface area contributed by atoms with Crippen LogP contribution >= 0.6 is 0 Å². The Kier molecular flexibility index (Phi) is 5.75. The Morgan fingerprint density at radius 2 is 1.79 bits per heavy atom. The number of carbonyl (C=O) groups excluding carboxylic acids is 2. The normalized spacial score (nSPS) is 22.6. The van der Waals surface area contributed by atoms with Crippen molar-refractivity contribution < 1.29 is 24.7 Å². The van der Waals surface area contributed by atoms with Crippen LogP contribution in [0.15, 0.2) is 0 Å². The lowest BCUT2D eigenvalue weighted by Crippen LogP contribution is -2.46. The van der Waals surface area contributed by atoms with Gasteiger partial charge >= 0.3 is 5.97 Å². The van der Waals surface area contributed by atoms with Crippen molar-refractivity contribution in [1.82, 2.24) is 10.4 Å². The van der Waals surface area contributed by atoms with E-state index in [-0.39, 0.29) is 12.5 Å². The molecule has 0 radical (unpaired) electrons. The maximum Gasteiger partial charge on any atom is 0.307 e. The summed E-state index contributed by atoms with van der Waals surface area (Å²) in [6, 6.07) is 0. The molecule has 19 heavy (non-hydrogen) atoms. The van der Waals surface area contributed by atoms with Crippen LogP contribution in [-0.2, 0) is 14.4 Å². The topological polar surface area (TPSA) is 107 Å². The van der Waals surface area contributed by atoms with E-state index in [0.717, 1.165) is 12.8 Å². The molecule has 0 spiro atoms. The maximum absolute atomic E-state index is 12.3. The predicted molar refractivity (Wildman–Crippen MR) is 65.3 cm³/mol. The van der Waals surface area contributed by atoms with E-state index >= 15 is 0 Å². The first-order valence-corrected chi connectivity index (χ1v) is 6.45. The third kappa shape index (κ3) is 3.92. The van der Waals surface area contributed by atoms with Crippen molar-refractivity contribution in [3.05, 3.63) is 0 Å². The standard InChI is InChI=1S/C12H20N2O5/c1-2-14(7-10(15)13-19)11(16)8-5-3-4-6-9(8)12(17)18/h8-9,19H,2-7H2,1H3,(H,13,15)(H,17,18)/t8-,9+/m1/s1. The first kappa shape index (κ1) is 15.4. The van der Waals surface area contributed by atoms with E-state index in [4.69, 9.17) is 10.3 Å². The molecule has 0 unspecified atom stereocenters. The number of hydroxylamine groups is 1. The van der Waals surface area contributed by atoms with Gasteiger partial charge in [-0.3, -0.25) is 19.6 Å². The van der Waals surface area contributed by atoms with Gasteiger partial charge in [-0.25, -0.2) is 5.48 Å². The van der Waals surface area contributed by atoms with Gasteiger partial charge in [0, 0.05) is 6.54 Å². The molecule has 0 aliphatic heterocycles. The zero-order valence-corrected chi connectivity index (χ0v) is 11.0. The van der Waals surface area contributed by atoms with Crippen molar-refractivity contribution in [1.29, 1.82) is 0 Å². The summed E-state index contributed by atoms with van der Waals surface area (Å²) in [5.74, 6) is -3.21. The van der Waals surface area contributed by atoms with Gasteiger partial charge in [0.2, 0.25) is 5.91 Å². The van der Waals surface area contributed by atoms with Crippen LogP contribution in [0.3, 0.4) is 0 Å². The van der Waals surface area contributed by atoms with Gasteiger partial charge in [-0.2, -0.15) is 0 Å². The van der Waals surface area contributed by atoms with Gasteiger partial charge in [-0.05, 0) is 19.8 Å². The molecule has 0 aromatic carbocycles. The minimum Gasteiger partial charge on any atom is -0.481 e. The number of hydrogen-bond donors (Lipinski definition) is 3. The SMILES string of the molecule is CCN(CC(=O)NO)C(=O)[C@@H]1CCCC[C@@H]1C(=O)O. The summed E-state index contributed by atoms with van der Waals surface area (Å²) in [5.41, 5.74) is 1.47. The summed E-state index contributed by atoms with van der Waals surface area (Å²) >= 11 is 0. The Hall–Kier alpha value is -1.63. The highest BCUT2D eigenvalue weighted by Gasteiger charge is 2.37. The van der Waals surface area contributed by atoms with E-state index < -0.39 is 23.7 Å². The number of likely N-dealkylation sites (N-methyl/N-ethyl adjacent to an activating group) is 1.